The molecule has 0 amide bonds. The summed E-state index contributed by atoms with van der Waals surface area (Å²) in [6.45, 7) is 4.96. The molecule has 6 nitrogen and oxygen atoms in total. The lowest BCUT2D eigenvalue weighted by molar-refractivity contribution is 0.178. The normalized spacial score (nSPS) is 15.0. The van der Waals surface area contributed by atoms with Crippen LogP contribution in [-0.2, 0) is 13.0 Å². The molecule has 0 bridgehead atoms. The highest BCUT2D eigenvalue weighted by Gasteiger charge is 2.22. The van der Waals surface area contributed by atoms with Crippen molar-refractivity contribution in [1.82, 2.24) is 24.4 Å². The Labute approximate surface area is 214 Å². The number of thiophene rings is 1. The molecule has 36 heavy (non-hydrogen) atoms. The smallest absolute Gasteiger partial charge is 0.310 e. The van der Waals surface area contributed by atoms with E-state index < -0.39 is 0 Å². The number of rotatable bonds is 6. The molecule has 3 aromatic heterocycles. The molecule has 6 rings (SSSR count). The molecule has 1 saturated heterocycles. The van der Waals surface area contributed by atoms with Crippen LogP contribution in [0.4, 0.5) is 0 Å². The summed E-state index contributed by atoms with van der Waals surface area (Å²) in [6.07, 6.45) is 4.85. The fourth-order valence-corrected chi connectivity index (χ4v) is 5.76. The van der Waals surface area contributed by atoms with Crippen molar-refractivity contribution in [3.63, 3.8) is 0 Å². The molecule has 182 valence electrons. The summed E-state index contributed by atoms with van der Waals surface area (Å²) in [7, 11) is 0. The van der Waals surface area contributed by atoms with Gasteiger partial charge in [0.2, 0.25) is 0 Å². The topological polar surface area (TPSA) is 66.8 Å². The molecule has 1 N–H and O–H groups in total. The molecule has 7 heteroatoms. The molecule has 1 aliphatic rings. The van der Waals surface area contributed by atoms with Crippen LogP contribution in [0.3, 0.4) is 0 Å². The third-order valence-corrected chi connectivity index (χ3v) is 7.84. The van der Waals surface area contributed by atoms with Crippen LogP contribution < -0.4 is 5.69 Å². The highest BCUT2D eigenvalue weighted by molar-refractivity contribution is 7.09. The first-order chi connectivity index (χ1) is 17.7. The van der Waals surface area contributed by atoms with Gasteiger partial charge in [-0.2, -0.15) is 0 Å². The number of fused-ring (bicyclic) bond motifs is 1. The van der Waals surface area contributed by atoms with Gasteiger partial charge >= 0.3 is 5.69 Å². The summed E-state index contributed by atoms with van der Waals surface area (Å²) in [5, 5.41) is 4.11. The number of likely N-dealkylation sites (tertiary alicyclic amines) is 1. The Balaban J connectivity index is 1.18. The van der Waals surface area contributed by atoms with Crippen molar-refractivity contribution >= 4 is 22.4 Å². The minimum atomic E-state index is 0.0273. The first kappa shape index (κ1) is 22.9. The van der Waals surface area contributed by atoms with Crippen molar-refractivity contribution in [2.45, 2.75) is 38.8 Å². The van der Waals surface area contributed by atoms with Gasteiger partial charge in [0.15, 0.2) is 0 Å². The molecule has 4 heterocycles. The number of aromatic amines is 1. The lowest BCUT2D eigenvalue weighted by Crippen LogP contribution is -2.36. The summed E-state index contributed by atoms with van der Waals surface area (Å²) in [4.78, 5) is 27.7. The van der Waals surface area contributed by atoms with Gasteiger partial charge in [0.1, 0.15) is 11.0 Å². The van der Waals surface area contributed by atoms with Crippen molar-refractivity contribution in [3.8, 4) is 22.5 Å². The summed E-state index contributed by atoms with van der Waals surface area (Å²) < 4.78 is 1.90. The molecule has 0 aliphatic carbocycles. The van der Waals surface area contributed by atoms with Crippen molar-refractivity contribution < 1.29 is 0 Å². The molecule has 0 saturated carbocycles. The van der Waals surface area contributed by atoms with Crippen molar-refractivity contribution in [2.75, 3.05) is 13.1 Å². The molecule has 2 aromatic carbocycles. The van der Waals surface area contributed by atoms with Crippen molar-refractivity contribution in [1.29, 1.82) is 0 Å². The van der Waals surface area contributed by atoms with E-state index in [0.717, 1.165) is 78.1 Å². The highest BCUT2D eigenvalue weighted by atomic mass is 32.1. The average molecular weight is 496 g/mol. The quantitative estimate of drug-likeness (QED) is 0.318. The van der Waals surface area contributed by atoms with E-state index in [4.69, 9.17) is 9.97 Å². The number of piperidine rings is 1. The van der Waals surface area contributed by atoms with Gasteiger partial charge in [0.25, 0.3) is 0 Å². The summed E-state index contributed by atoms with van der Waals surface area (Å²) in [5.41, 5.74) is 8.20. The Bertz CT molecular complexity index is 1530. The maximum atomic E-state index is 12.3. The van der Waals surface area contributed by atoms with E-state index in [0.29, 0.717) is 0 Å². The second kappa shape index (κ2) is 9.84. The van der Waals surface area contributed by atoms with E-state index in [9.17, 15) is 4.79 Å². The van der Waals surface area contributed by atoms with E-state index in [-0.39, 0.29) is 11.7 Å². The SMILES string of the molecule is CCc1cn(C2CCN(Cc3ccc(-c4nc5cscc5nc4-c4ccccc4)cc3)CC2)c(=O)[nH]1. The van der Waals surface area contributed by atoms with Gasteiger partial charge in [-0.05, 0) is 24.8 Å². The van der Waals surface area contributed by atoms with Crippen LogP contribution in [0.5, 0.6) is 0 Å². The van der Waals surface area contributed by atoms with Gasteiger partial charge < -0.3 is 4.98 Å². The number of aromatic nitrogens is 4. The number of H-pyrrole nitrogens is 1. The molecule has 1 aliphatic heterocycles. The third-order valence-electron chi connectivity index (χ3n) is 7.12. The number of nitrogens with zero attached hydrogens (tertiary/aromatic N) is 4. The largest absolute Gasteiger partial charge is 0.325 e. The molecule has 0 radical (unpaired) electrons. The highest BCUT2D eigenvalue weighted by Crippen LogP contribution is 2.32. The predicted octanol–water partition coefficient (Wildman–Crippen LogP) is 5.91. The summed E-state index contributed by atoms with van der Waals surface area (Å²) in [5.74, 6) is 0. The number of hydrogen-bond acceptors (Lipinski definition) is 5. The zero-order chi connectivity index (χ0) is 24.5. The van der Waals surface area contributed by atoms with Crippen LogP contribution in [-0.4, -0.2) is 37.5 Å². The predicted molar refractivity (Wildman–Crippen MR) is 146 cm³/mol. The minimum Gasteiger partial charge on any atom is -0.310 e. The molecule has 5 aromatic rings. The first-order valence-corrected chi connectivity index (χ1v) is 13.5. The van der Waals surface area contributed by atoms with E-state index in [2.05, 4.69) is 64.0 Å². The standard InChI is InChI=1S/C29H29N5OS/c1-2-23-17-34(29(35)30-23)24-12-14-33(15-13-24)16-20-8-10-22(11-9-20)28-27(21-6-4-3-5-7-21)31-25-18-36-19-26(25)32-28/h3-11,17-19,24H,2,12-16H2,1H3,(H,30,35). The van der Waals surface area contributed by atoms with E-state index >= 15 is 0 Å². The Morgan fingerprint density at radius 2 is 1.56 bits per heavy atom. The minimum absolute atomic E-state index is 0.0273. The third kappa shape index (κ3) is 4.52. The summed E-state index contributed by atoms with van der Waals surface area (Å²) >= 11 is 1.63. The Morgan fingerprint density at radius 1 is 0.917 bits per heavy atom. The van der Waals surface area contributed by atoms with Crippen LogP contribution in [0.2, 0.25) is 0 Å². The number of aryl methyl sites for hydroxylation is 1. The van der Waals surface area contributed by atoms with E-state index in [1.807, 2.05) is 29.0 Å². The van der Waals surface area contributed by atoms with E-state index in [1.165, 1.54) is 5.56 Å². The number of nitrogens with one attached hydrogen (secondary N) is 1. The lowest BCUT2D eigenvalue weighted by Gasteiger charge is -2.32. The fraction of sp³-hybridized carbons (Fsp3) is 0.276. The van der Waals surface area contributed by atoms with Gasteiger partial charge in [0, 0.05) is 59.5 Å². The maximum Gasteiger partial charge on any atom is 0.325 e. The van der Waals surface area contributed by atoms with Gasteiger partial charge in [0.05, 0.1) is 11.4 Å². The Kier molecular flexibility index (Phi) is 6.25. The van der Waals surface area contributed by atoms with Gasteiger partial charge in [-0.3, -0.25) is 9.47 Å². The Morgan fingerprint density at radius 3 is 2.17 bits per heavy atom. The zero-order valence-corrected chi connectivity index (χ0v) is 21.2. The maximum absolute atomic E-state index is 12.3. The zero-order valence-electron chi connectivity index (χ0n) is 20.4. The molecule has 0 atom stereocenters. The number of hydrogen-bond donors (Lipinski definition) is 1. The molecule has 0 spiro atoms. The molecular formula is C29H29N5OS. The first-order valence-electron chi connectivity index (χ1n) is 12.6. The lowest BCUT2D eigenvalue weighted by atomic mass is 10.0. The van der Waals surface area contributed by atoms with Gasteiger partial charge in [-0.1, -0.05) is 61.5 Å². The van der Waals surface area contributed by atoms with Gasteiger partial charge in [-0.25, -0.2) is 14.8 Å². The van der Waals surface area contributed by atoms with Crippen LogP contribution in [0.25, 0.3) is 33.5 Å². The second-order valence-electron chi connectivity index (χ2n) is 9.48. The summed E-state index contributed by atoms with van der Waals surface area (Å²) in [6, 6.07) is 19.3. The second-order valence-corrected chi connectivity index (χ2v) is 10.2. The monoisotopic (exact) mass is 495 g/mol. The fourth-order valence-electron chi connectivity index (χ4n) is 5.09. The van der Waals surface area contributed by atoms with Crippen molar-refractivity contribution in [3.05, 3.63) is 93.3 Å². The van der Waals surface area contributed by atoms with Crippen LogP contribution in [0.15, 0.2) is 76.3 Å². The van der Waals surface area contributed by atoms with Gasteiger partial charge in [-0.15, -0.1) is 11.3 Å². The number of benzene rings is 2. The van der Waals surface area contributed by atoms with Crippen LogP contribution in [0.1, 0.15) is 37.1 Å². The molecule has 0 unspecified atom stereocenters. The number of imidazole rings is 1. The van der Waals surface area contributed by atoms with Crippen molar-refractivity contribution in [2.24, 2.45) is 0 Å². The molecule has 1 fully saturated rings. The van der Waals surface area contributed by atoms with E-state index in [1.54, 1.807) is 11.3 Å². The van der Waals surface area contributed by atoms with Crippen LogP contribution in [0, 0.1) is 0 Å². The molecular weight excluding hydrogens is 466 g/mol. The Hall–Kier alpha value is -3.55. The average Bonchev–Trinajstić information content (AvgIpc) is 3.55. The van der Waals surface area contributed by atoms with Crippen LogP contribution >= 0.6 is 11.3 Å².